The fraction of sp³-hybridized carbons (Fsp3) is 0.500. The molecule has 0 aliphatic heterocycles. The van der Waals surface area contributed by atoms with Crippen LogP contribution in [0.2, 0.25) is 0 Å². The van der Waals surface area contributed by atoms with Gasteiger partial charge in [-0.15, -0.1) is 0 Å². The van der Waals surface area contributed by atoms with E-state index in [0.29, 0.717) is 0 Å². The second kappa shape index (κ2) is 3.31. The van der Waals surface area contributed by atoms with Crippen LogP contribution in [0.25, 0.3) is 0 Å². The van der Waals surface area contributed by atoms with Crippen LogP contribution < -0.4 is 0 Å². The highest BCUT2D eigenvalue weighted by Crippen LogP contribution is 2.11. The minimum absolute atomic E-state index is 0.00560. The molecule has 0 heterocycles. The number of hydrogen-bond donors (Lipinski definition) is 3. The van der Waals surface area contributed by atoms with Gasteiger partial charge in [-0.25, -0.2) is 0 Å². The third-order valence-electron chi connectivity index (χ3n) is 1.62. The largest absolute Gasteiger partial charge is 0.411 e. The van der Waals surface area contributed by atoms with Crippen molar-refractivity contribution in [1.82, 2.24) is 0 Å². The van der Waals surface area contributed by atoms with Crippen LogP contribution in [-0.4, -0.2) is 38.8 Å². The first-order valence-corrected chi connectivity index (χ1v) is 3.33. The minimum Gasteiger partial charge on any atom is -0.411 e. The fourth-order valence-corrected chi connectivity index (χ4v) is 1.04. The first kappa shape index (κ1) is 8.66. The summed E-state index contributed by atoms with van der Waals surface area (Å²) in [5.74, 6) is -0.620. The van der Waals surface area contributed by atoms with E-state index < -0.39 is 11.9 Å². The summed E-state index contributed by atoms with van der Waals surface area (Å²) in [5, 5.41) is 31.1. The Kier molecular flexibility index (Phi) is 2.39. The Morgan fingerprint density at radius 3 is 1.92 bits per heavy atom. The molecular formula is C6H8N2O4. The molecule has 1 fully saturated rings. The van der Waals surface area contributed by atoms with Gasteiger partial charge in [0.05, 0.1) is 6.10 Å². The lowest BCUT2D eigenvalue weighted by molar-refractivity contribution is -0.108. The van der Waals surface area contributed by atoms with Crippen LogP contribution >= 0.6 is 0 Å². The molecule has 0 spiro atoms. The van der Waals surface area contributed by atoms with Gasteiger partial charge >= 0.3 is 0 Å². The molecule has 1 aliphatic carbocycles. The molecule has 66 valence electrons. The zero-order chi connectivity index (χ0) is 9.14. The Balaban J connectivity index is 2.90. The molecular weight excluding hydrogens is 164 g/mol. The van der Waals surface area contributed by atoms with E-state index in [1.165, 1.54) is 0 Å². The van der Waals surface area contributed by atoms with Crippen molar-refractivity contribution in [2.24, 2.45) is 10.3 Å². The predicted molar refractivity (Wildman–Crippen MR) is 38.7 cm³/mol. The van der Waals surface area contributed by atoms with E-state index in [1.807, 2.05) is 0 Å². The summed E-state index contributed by atoms with van der Waals surface area (Å²) in [5.41, 5.74) is -0.358. The van der Waals surface area contributed by atoms with Gasteiger partial charge in [0.1, 0.15) is 11.4 Å². The standard InChI is InChI=1S/C6H8N2O4/c9-3-1-4(7-11)6(10)5(2-3)8-12/h3,9,11-12H,1-2H2. The highest BCUT2D eigenvalue weighted by atomic mass is 16.4. The average Bonchev–Trinajstić information content (AvgIpc) is 2.08. The Morgan fingerprint density at radius 2 is 1.58 bits per heavy atom. The number of oxime groups is 2. The number of aliphatic hydroxyl groups excluding tert-OH is 1. The van der Waals surface area contributed by atoms with Crippen LogP contribution in [0.5, 0.6) is 0 Å². The summed E-state index contributed by atoms with van der Waals surface area (Å²) in [4.78, 5) is 11.0. The van der Waals surface area contributed by atoms with Crippen molar-refractivity contribution in [2.45, 2.75) is 18.9 Å². The molecule has 3 N–H and O–H groups in total. The Labute approximate surface area is 67.8 Å². The second-order valence-corrected chi connectivity index (χ2v) is 2.48. The third-order valence-corrected chi connectivity index (χ3v) is 1.62. The lowest BCUT2D eigenvalue weighted by Crippen LogP contribution is -2.36. The Bertz CT molecular complexity index is 234. The number of ketones is 1. The van der Waals surface area contributed by atoms with Gasteiger partial charge in [-0.3, -0.25) is 4.79 Å². The molecule has 0 aromatic heterocycles. The number of rotatable bonds is 0. The van der Waals surface area contributed by atoms with Crippen molar-refractivity contribution in [3.8, 4) is 0 Å². The Hall–Kier alpha value is -1.43. The number of carbonyl (C=O) groups excluding carboxylic acids is 1. The first-order valence-electron chi connectivity index (χ1n) is 3.33. The van der Waals surface area contributed by atoms with E-state index in [0.717, 1.165) is 0 Å². The van der Waals surface area contributed by atoms with Gasteiger partial charge in [-0.1, -0.05) is 10.3 Å². The normalized spacial score (nSPS) is 31.4. The maximum absolute atomic E-state index is 11.0. The van der Waals surface area contributed by atoms with Crippen LogP contribution in [0.3, 0.4) is 0 Å². The van der Waals surface area contributed by atoms with Crippen LogP contribution in [0, 0.1) is 0 Å². The summed E-state index contributed by atoms with van der Waals surface area (Å²) in [6.07, 6.45) is -0.831. The van der Waals surface area contributed by atoms with E-state index in [1.54, 1.807) is 0 Å². The van der Waals surface area contributed by atoms with Crippen molar-refractivity contribution in [3.05, 3.63) is 0 Å². The highest BCUT2D eigenvalue weighted by molar-refractivity contribution is 6.67. The molecule has 12 heavy (non-hydrogen) atoms. The van der Waals surface area contributed by atoms with Gasteiger partial charge in [0.15, 0.2) is 0 Å². The van der Waals surface area contributed by atoms with Crippen LogP contribution in [0.1, 0.15) is 12.8 Å². The summed E-state index contributed by atoms with van der Waals surface area (Å²) < 4.78 is 0. The van der Waals surface area contributed by atoms with Crippen LogP contribution in [0.4, 0.5) is 0 Å². The molecule has 0 saturated heterocycles. The lowest BCUT2D eigenvalue weighted by Gasteiger charge is -2.16. The molecule has 0 bridgehead atoms. The number of Topliss-reactive ketones (excluding diaryl/α,β-unsaturated/α-hetero) is 1. The monoisotopic (exact) mass is 172 g/mol. The summed E-state index contributed by atoms with van der Waals surface area (Å²) in [7, 11) is 0. The molecule has 1 rings (SSSR count). The summed E-state index contributed by atoms with van der Waals surface area (Å²) in [6, 6.07) is 0. The quantitative estimate of drug-likeness (QED) is 0.334. The zero-order valence-electron chi connectivity index (χ0n) is 6.14. The number of hydrogen-bond acceptors (Lipinski definition) is 6. The van der Waals surface area contributed by atoms with E-state index in [4.69, 9.17) is 15.5 Å². The minimum atomic E-state index is -0.820. The molecule has 6 heteroatoms. The lowest BCUT2D eigenvalue weighted by atomic mass is 9.93. The molecule has 0 aromatic rings. The first-order chi connectivity index (χ1) is 5.69. The SMILES string of the molecule is O=C1C(=NO)CC(O)CC1=NO. The maximum atomic E-state index is 11.0. The van der Waals surface area contributed by atoms with Gasteiger partial charge in [0.25, 0.3) is 0 Å². The van der Waals surface area contributed by atoms with Crippen molar-refractivity contribution in [2.75, 3.05) is 0 Å². The molecule has 0 radical (unpaired) electrons. The van der Waals surface area contributed by atoms with E-state index >= 15 is 0 Å². The molecule has 1 aliphatic rings. The number of aliphatic hydroxyl groups is 1. The molecule has 0 aromatic carbocycles. The van der Waals surface area contributed by atoms with E-state index in [2.05, 4.69) is 10.3 Å². The number of nitrogens with zero attached hydrogens (tertiary/aromatic N) is 2. The molecule has 1 saturated carbocycles. The average molecular weight is 172 g/mol. The topological polar surface area (TPSA) is 102 Å². The second-order valence-electron chi connectivity index (χ2n) is 2.48. The van der Waals surface area contributed by atoms with Crippen LogP contribution in [0.15, 0.2) is 10.3 Å². The zero-order valence-corrected chi connectivity index (χ0v) is 6.14. The predicted octanol–water partition coefficient (Wildman–Crippen LogP) is -0.629. The van der Waals surface area contributed by atoms with Gasteiger partial charge < -0.3 is 15.5 Å². The molecule has 6 nitrogen and oxygen atoms in total. The van der Waals surface area contributed by atoms with Crippen molar-refractivity contribution in [1.29, 1.82) is 0 Å². The van der Waals surface area contributed by atoms with E-state index in [-0.39, 0.29) is 24.3 Å². The molecule has 0 amide bonds. The molecule has 0 atom stereocenters. The molecule has 0 unspecified atom stereocenters. The highest BCUT2D eigenvalue weighted by Gasteiger charge is 2.30. The smallest absolute Gasteiger partial charge is 0.228 e. The third kappa shape index (κ3) is 1.42. The van der Waals surface area contributed by atoms with E-state index in [9.17, 15) is 4.79 Å². The number of carbonyl (C=O) groups is 1. The summed E-state index contributed by atoms with van der Waals surface area (Å²) >= 11 is 0. The van der Waals surface area contributed by atoms with Crippen molar-refractivity contribution in [3.63, 3.8) is 0 Å². The van der Waals surface area contributed by atoms with Crippen LogP contribution in [-0.2, 0) is 4.79 Å². The summed E-state index contributed by atoms with van der Waals surface area (Å²) in [6.45, 7) is 0. The fourth-order valence-electron chi connectivity index (χ4n) is 1.04. The van der Waals surface area contributed by atoms with Crippen molar-refractivity contribution >= 4 is 17.2 Å². The van der Waals surface area contributed by atoms with Gasteiger partial charge in [0, 0.05) is 12.8 Å². The Morgan fingerprint density at radius 1 is 1.17 bits per heavy atom. The van der Waals surface area contributed by atoms with Gasteiger partial charge in [-0.05, 0) is 0 Å². The maximum Gasteiger partial charge on any atom is 0.228 e. The van der Waals surface area contributed by atoms with Gasteiger partial charge in [-0.2, -0.15) is 0 Å². The van der Waals surface area contributed by atoms with Gasteiger partial charge in [0.2, 0.25) is 5.78 Å². The van der Waals surface area contributed by atoms with Crippen molar-refractivity contribution < 1.29 is 20.3 Å².